The highest BCUT2D eigenvalue weighted by molar-refractivity contribution is 14.1. The van der Waals surface area contributed by atoms with Crippen LogP contribution in [0.1, 0.15) is 42.9 Å². The van der Waals surface area contributed by atoms with E-state index < -0.39 is 5.97 Å². The molecule has 0 spiro atoms. The zero-order chi connectivity index (χ0) is 15.6. The van der Waals surface area contributed by atoms with Crippen molar-refractivity contribution in [2.24, 2.45) is 0 Å². The summed E-state index contributed by atoms with van der Waals surface area (Å²) in [5.74, 6) is 0.213. The van der Waals surface area contributed by atoms with Crippen LogP contribution >= 0.6 is 38.5 Å². The maximum absolute atomic E-state index is 12.0. The minimum Gasteiger partial charge on any atom is -0.460 e. The molecule has 0 atom stereocenters. The Morgan fingerprint density at radius 3 is 2.81 bits per heavy atom. The van der Waals surface area contributed by atoms with E-state index >= 15 is 0 Å². The van der Waals surface area contributed by atoms with E-state index in [0.717, 1.165) is 13.6 Å². The molecule has 0 N–H and O–H groups in total. The van der Waals surface area contributed by atoms with Crippen LogP contribution in [0.5, 0.6) is 0 Å². The predicted octanol–water partition coefficient (Wildman–Crippen LogP) is 5.01. The molecular formula is C15H15BrINO3. The van der Waals surface area contributed by atoms with Gasteiger partial charge in [-0.25, -0.2) is 9.78 Å². The van der Waals surface area contributed by atoms with E-state index in [4.69, 9.17) is 9.15 Å². The van der Waals surface area contributed by atoms with Crippen molar-refractivity contribution >= 4 is 44.5 Å². The van der Waals surface area contributed by atoms with Gasteiger partial charge in [0.25, 0.3) is 0 Å². The topological polar surface area (TPSA) is 52.3 Å². The molecule has 1 aromatic carbocycles. The number of nitrogens with zero attached hydrogens (tertiary/aromatic N) is 1. The predicted molar refractivity (Wildman–Crippen MR) is 92.4 cm³/mol. The SMILES string of the molecule is CCOC(=O)c1oc(-c2cc(I)ccc2Br)nc1C(C)C. The second-order valence-electron chi connectivity index (χ2n) is 4.73. The highest BCUT2D eigenvalue weighted by atomic mass is 127. The molecule has 0 aliphatic heterocycles. The number of esters is 1. The van der Waals surface area contributed by atoms with Crippen LogP contribution in [0.3, 0.4) is 0 Å². The van der Waals surface area contributed by atoms with E-state index in [1.54, 1.807) is 6.92 Å². The molecule has 0 fully saturated rings. The largest absolute Gasteiger partial charge is 0.460 e. The van der Waals surface area contributed by atoms with Crippen molar-refractivity contribution in [2.75, 3.05) is 6.61 Å². The Kier molecular flexibility index (Phi) is 5.43. The molecule has 0 saturated carbocycles. The molecule has 2 aromatic rings. The van der Waals surface area contributed by atoms with Crippen LogP contribution in [0, 0.1) is 3.57 Å². The van der Waals surface area contributed by atoms with Crippen molar-refractivity contribution in [1.82, 2.24) is 4.98 Å². The summed E-state index contributed by atoms with van der Waals surface area (Å²) in [7, 11) is 0. The van der Waals surface area contributed by atoms with Gasteiger partial charge in [-0.05, 0) is 69.6 Å². The van der Waals surface area contributed by atoms with E-state index in [2.05, 4.69) is 43.5 Å². The first-order valence-corrected chi connectivity index (χ1v) is 8.44. The van der Waals surface area contributed by atoms with E-state index in [1.165, 1.54) is 0 Å². The highest BCUT2D eigenvalue weighted by Gasteiger charge is 2.24. The minimum absolute atomic E-state index is 0.0727. The number of carbonyl (C=O) groups excluding carboxylic acids is 1. The molecule has 0 bridgehead atoms. The molecule has 112 valence electrons. The third kappa shape index (κ3) is 3.66. The van der Waals surface area contributed by atoms with Crippen molar-refractivity contribution in [3.63, 3.8) is 0 Å². The van der Waals surface area contributed by atoms with Crippen molar-refractivity contribution in [1.29, 1.82) is 0 Å². The molecule has 0 unspecified atom stereocenters. The van der Waals surface area contributed by atoms with Crippen LogP contribution in [0.25, 0.3) is 11.5 Å². The number of aromatic nitrogens is 1. The first-order chi connectivity index (χ1) is 9.93. The Morgan fingerprint density at radius 1 is 1.48 bits per heavy atom. The molecule has 0 saturated heterocycles. The lowest BCUT2D eigenvalue weighted by Gasteiger charge is -2.02. The normalized spacial score (nSPS) is 11.0. The molecule has 6 heteroatoms. The van der Waals surface area contributed by atoms with Crippen molar-refractivity contribution < 1.29 is 13.9 Å². The summed E-state index contributed by atoms with van der Waals surface area (Å²) in [6, 6.07) is 5.86. The van der Waals surface area contributed by atoms with E-state index in [9.17, 15) is 4.79 Å². The number of carbonyl (C=O) groups is 1. The maximum Gasteiger partial charge on any atom is 0.376 e. The van der Waals surface area contributed by atoms with Crippen LogP contribution in [-0.4, -0.2) is 17.6 Å². The van der Waals surface area contributed by atoms with Gasteiger partial charge in [-0.3, -0.25) is 0 Å². The molecule has 21 heavy (non-hydrogen) atoms. The second-order valence-corrected chi connectivity index (χ2v) is 6.83. The van der Waals surface area contributed by atoms with Crippen LogP contribution in [-0.2, 0) is 4.74 Å². The number of halogens is 2. The fourth-order valence-corrected chi connectivity index (χ4v) is 2.75. The summed E-state index contributed by atoms with van der Waals surface area (Å²) in [6.45, 7) is 6.00. The summed E-state index contributed by atoms with van der Waals surface area (Å²) in [5.41, 5.74) is 1.44. The third-order valence-corrected chi connectivity index (χ3v) is 4.18. The fraction of sp³-hybridized carbons (Fsp3) is 0.333. The van der Waals surface area contributed by atoms with Gasteiger partial charge in [0.05, 0.1) is 17.9 Å². The first-order valence-electron chi connectivity index (χ1n) is 6.57. The van der Waals surface area contributed by atoms with E-state index in [-0.39, 0.29) is 11.7 Å². The van der Waals surface area contributed by atoms with Crippen LogP contribution in [0.2, 0.25) is 0 Å². The minimum atomic E-state index is -0.471. The smallest absolute Gasteiger partial charge is 0.376 e. The average molecular weight is 464 g/mol. The maximum atomic E-state index is 12.0. The number of hydrogen-bond donors (Lipinski definition) is 0. The van der Waals surface area contributed by atoms with Gasteiger partial charge in [0.15, 0.2) is 0 Å². The first kappa shape index (κ1) is 16.5. The molecule has 4 nitrogen and oxygen atoms in total. The molecule has 0 aliphatic carbocycles. The van der Waals surface area contributed by atoms with Gasteiger partial charge in [0.2, 0.25) is 11.7 Å². The molecular weight excluding hydrogens is 449 g/mol. The number of benzene rings is 1. The molecule has 0 aliphatic rings. The van der Waals surface area contributed by atoms with Crippen molar-refractivity contribution in [3.05, 3.63) is 37.7 Å². The van der Waals surface area contributed by atoms with Gasteiger partial charge in [-0.1, -0.05) is 13.8 Å². The van der Waals surface area contributed by atoms with Crippen molar-refractivity contribution in [3.8, 4) is 11.5 Å². The number of ether oxygens (including phenoxy) is 1. The van der Waals surface area contributed by atoms with Crippen molar-refractivity contribution in [2.45, 2.75) is 26.7 Å². The second kappa shape index (κ2) is 6.91. The van der Waals surface area contributed by atoms with E-state index in [1.807, 2.05) is 32.0 Å². The van der Waals surface area contributed by atoms with Gasteiger partial charge in [0, 0.05) is 8.04 Å². The average Bonchev–Trinajstić information content (AvgIpc) is 2.87. The fourth-order valence-electron chi connectivity index (χ4n) is 1.84. The Morgan fingerprint density at radius 2 is 2.19 bits per heavy atom. The van der Waals surface area contributed by atoms with Gasteiger partial charge >= 0.3 is 5.97 Å². The van der Waals surface area contributed by atoms with Crippen LogP contribution < -0.4 is 0 Å². The van der Waals surface area contributed by atoms with Crippen LogP contribution in [0.4, 0.5) is 0 Å². The number of oxazole rings is 1. The van der Waals surface area contributed by atoms with Gasteiger partial charge in [-0.2, -0.15) is 0 Å². The molecule has 1 aromatic heterocycles. The summed E-state index contributed by atoms with van der Waals surface area (Å²) >= 11 is 5.71. The molecule has 2 rings (SSSR count). The third-order valence-electron chi connectivity index (χ3n) is 2.82. The number of hydrogen-bond acceptors (Lipinski definition) is 4. The Balaban J connectivity index is 2.53. The summed E-state index contributed by atoms with van der Waals surface area (Å²) in [6.07, 6.45) is 0. The van der Waals surface area contributed by atoms with E-state index in [0.29, 0.717) is 18.2 Å². The van der Waals surface area contributed by atoms with Gasteiger partial charge < -0.3 is 9.15 Å². The lowest BCUT2D eigenvalue weighted by molar-refractivity contribution is 0.0488. The Labute approximate surface area is 145 Å². The molecule has 0 amide bonds. The molecule has 0 radical (unpaired) electrons. The molecule has 1 heterocycles. The van der Waals surface area contributed by atoms with Gasteiger partial charge in [0.1, 0.15) is 0 Å². The summed E-state index contributed by atoms with van der Waals surface area (Å²) in [5, 5.41) is 0. The zero-order valence-corrected chi connectivity index (χ0v) is 15.7. The summed E-state index contributed by atoms with van der Waals surface area (Å²) < 4.78 is 12.7. The standard InChI is InChI=1S/C15H15BrINO3/c1-4-20-15(19)13-12(8(2)3)18-14(21-13)10-7-9(17)5-6-11(10)16/h5-8H,4H2,1-3H3. The quantitative estimate of drug-likeness (QED) is 0.472. The Hall–Kier alpha value is -0.890. The lowest BCUT2D eigenvalue weighted by atomic mass is 10.1. The summed E-state index contributed by atoms with van der Waals surface area (Å²) in [4.78, 5) is 16.5. The highest BCUT2D eigenvalue weighted by Crippen LogP contribution is 2.32. The number of rotatable bonds is 4. The Bertz CT molecular complexity index is 667. The van der Waals surface area contributed by atoms with Gasteiger partial charge in [-0.15, -0.1) is 0 Å². The van der Waals surface area contributed by atoms with Crippen LogP contribution in [0.15, 0.2) is 27.1 Å². The lowest BCUT2D eigenvalue weighted by Crippen LogP contribution is -2.07. The zero-order valence-electron chi connectivity index (χ0n) is 11.9. The monoisotopic (exact) mass is 463 g/mol.